The first-order chi connectivity index (χ1) is 13.0. The number of hydrogen-bond donors (Lipinski definition) is 3. The molecule has 0 saturated heterocycles. The van der Waals surface area contributed by atoms with Gasteiger partial charge >= 0.3 is 5.69 Å². The van der Waals surface area contributed by atoms with Crippen molar-refractivity contribution in [1.29, 1.82) is 0 Å². The van der Waals surface area contributed by atoms with E-state index >= 15 is 0 Å². The monoisotopic (exact) mass is 372 g/mol. The van der Waals surface area contributed by atoms with Gasteiger partial charge < -0.3 is 9.73 Å². The number of benzene rings is 1. The summed E-state index contributed by atoms with van der Waals surface area (Å²) < 4.78 is 18.1. The van der Waals surface area contributed by atoms with E-state index in [1.165, 1.54) is 18.4 Å². The van der Waals surface area contributed by atoms with Crippen LogP contribution in [0.15, 0.2) is 53.4 Å². The van der Waals surface area contributed by atoms with Gasteiger partial charge in [0.25, 0.3) is 5.91 Å². The van der Waals surface area contributed by atoms with E-state index in [1.807, 2.05) is 0 Å². The van der Waals surface area contributed by atoms with Gasteiger partial charge in [-0.1, -0.05) is 0 Å². The molecule has 0 fully saturated rings. The first-order valence-electron chi connectivity index (χ1n) is 7.62. The second kappa shape index (κ2) is 7.91. The summed E-state index contributed by atoms with van der Waals surface area (Å²) in [7, 11) is 0. The topological polar surface area (TPSA) is 135 Å². The van der Waals surface area contributed by atoms with Crippen molar-refractivity contribution in [2.24, 2.45) is 0 Å². The molecule has 3 aromatic rings. The Bertz CT molecular complexity index is 946. The first kappa shape index (κ1) is 17.8. The van der Waals surface area contributed by atoms with Crippen molar-refractivity contribution >= 4 is 23.2 Å². The summed E-state index contributed by atoms with van der Waals surface area (Å²) in [5.41, 5.74) is 4.37. The Labute approximate surface area is 151 Å². The van der Waals surface area contributed by atoms with E-state index in [-0.39, 0.29) is 23.7 Å². The predicted molar refractivity (Wildman–Crippen MR) is 92.2 cm³/mol. The van der Waals surface area contributed by atoms with Crippen molar-refractivity contribution in [1.82, 2.24) is 15.4 Å². The Morgan fingerprint density at radius 1 is 1.19 bits per heavy atom. The molecule has 2 aromatic heterocycles. The second-order valence-electron chi connectivity index (χ2n) is 5.20. The number of halogens is 1. The number of hydrogen-bond acceptors (Lipinski definition) is 8. The molecular formula is C16H13FN6O4. The van der Waals surface area contributed by atoms with Crippen LogP contribution in [0.1, 0.15) is 16.1 Å². The van der Waals surface area contributed by atoms with Crippen LogP contribution in [-0.4, -0.2) is 20.8 Å². The summed E-state index contributed by atoms with van der Waals surface area (Å²) in [6.07, 6.45) is 2.58. The maximum absolute atomic E-state index is 12.9. The number of nitro groups is 1. The fraction of sp³-hybridized carbons (Fsp3) is 0.0625. The van der Waals surface area contributed by atoms with Crippen LogP contribution in [0.25, 0.3) is 0 Å². The van der Waals surface area contributed by atoms with Crippen LogP contribution in [0.3, 0.4) is 0 Å². The average molecular weight is 372 g/mol. The van der Waals surface area contributed by atoms with Crippen molar-refractivity contribution in [2.45, 2.75) is 6.54 Å². The average Bonchev–Trinajstić information content (AvgIpc) is 3.18. The van der Waals surface area contributed by atoms with Crippen molar-refractivity contribution < 1.29 is 18.5 Å². The van der Waals surface area contributed by atoms with Crippen LogP contribution in [-0.2, 0) is 6.54 Å². The number of anilines is 2. The minimum absolute atomic E-state index is 0.0510. The number of carbonyl (C=O) groups excluding carboxylic acids is 1. The zero-order chi connectivity index (χ0) is 19.2. The quantitative estimate of drug-likeness (QED) is 0.425. The number of amides is 1. The summed E-state index contributed by atoms with van der Waals surface area (Å²) in [6.45, 7) is 0.173. The predicted octanol–water partition coefficient (Wildman–Crippen LogP) is 2.49. The van der Waals surface area contributed by atoms with Crippen molar-refractivity contribution in [3.05, 3.63) is 76.2 Å². The first-order valence-corrected chi connectivity index (χ1v) is 7.62. The van der Waals surface area contributed by atoms with Crippen LogP contribution in [0.5, 0.6) is 0 Å². The van der Waals surface area contributed by atoms with Gasteiger partial charge in [-0.2, -0.15) is 0 Å². The highest BCUT2D eigenvalue weighted by atomic mass is 19.1. The fourth-order valence-corrected chi connectivity index (χ4v) is 2.15. The molecule has 3 N–H and O–H groups in total. The second-order valence-corrected chi connectivity index (χ2v) is 5.20. The normalized spacial score (nSPS) is 10.3. The fourth-order valence-electron chi connectivity index (χ4n) is 2.15. The number of aromatic nitrogens is 2. The number of furan rings is 1. The highest BCUT2D eigenvalue weighted by Crippen LogP contribution is 2.28. The number of rotatable bonds is 7. The third-order valence-corrected chi connectivity index (χ3v) is 3.42. The highest BCUT2D eigenvalue weighted by molar-refractivity contribution is 5.95. The van der Waals surface area contributed by atoms with Crippen LogP contribution >= 0.6 is 0 Å². The Kier molecular flexibility index (Phi) is 5.21. The molecule has 0 bridgehead atoms. The van der Waals surface area contributed by atoms with Gasteiger partial charge in [-0.25, -0.2) is 14.4 Å². The molecule has 0 aliphatic heterocycles. The highest BCUT2D eigenvalue weighted by Gasteiger charge is 2.23. The third kappa shape index (κ3) is 4.34. The molecule has 0 atom stereocenters. The SMILES string of the molecule is O=C(NNc1ncnc(NCc2ccco2)c1[N+](=O)[O-])c1ccc(F)cc1. The zero-order valence-electron chi connectivity index (χ0n) is 13.7. The maximum Gasteiger partial charge on any atom is 0.354 e. The summed E-state index contributed by atoms with van der Waals surface area (Å²) in [6, 6.07) is 8.18. The minimum atomic E-state index is -0.684. The van der Waals surface area contributed by atoms with Crippen molar-refractivity contribution in [2.75, 3.05) is 10.7 Å². The smallest absolute Gasteiger partial charge is 0.354 e. The number of nitrogens with zero attached hydrogens (tertiary/aromatic N) is 3. The Hall–Kier alpha value is -4.02. The van der Waals surface area contributed by atoms with E-state index in [1.54, 1.807) is 12.1 Å². The van der Waals surface area contributed by atoms with Crippen molar-refractivity contribution in [3.63, 3.8) is 0 Å². The molecule has 0 saturated carbocycles. The molecular weight excluding hydrogens is 359 g/mol. The van der Waals surface area contributed by atoms with E-state index in [9.17, 15) is 19.3 Å². The van der Waals surface area contributed by atoms with Crippen molar-refractivity contribution in [3.8, 4) is 0 Å². The molecule has 0 aliphatic rings. The Morgan fingerprint density at radius 3 is 2.59 bits per heavy atom. The lowest BCUT2D eigenvalue weighted by molar-refractivity contribution is -0.383. The van der Waals surface area contributed by atoms with Gasteiger partial charge in [-0.05, 0) is 36.4 Å². The molecule has 0 aliphatic carbocycles. The van der Waals surface area contributed by atoms with E-state index < -0.39 is 22.3 Å². The molecule has 138 valence electrons. The number of carbonyl (C=O) groups is 1. The molecule has 27 heavy (non-hydrogen) atoms. The van der Waals surface area contributed by atoms with E-state index in [2.05, 4.69) is 26.1 Å². The van der Waals surface area contributed by atoms with Gasteiger partial charge in [-0.15, -0.1) is 0 Å². The lowest BCUT2D eigenvalue weighted by Gasteiger charge is -2.10. The number of nitrogens with one attached hydrogen (secondary N) is 3. The summed E-state index contributed by atoms with van der Waals surface area (Å²) in [4.78, 5) is 30.4. The lowest BCUT2D eigenvalue weighted by atomic mass is 10.2. The third-order valence-electron chi connectivity index (χ3n) is 3.42. The minimum Gasteiger partial charge on any atom is -0.467 e. The van der Waals surface area contributed by atoms with Crippen LogP contribution in [0.4, 0.5) is 21.7 Å². The molecule has 0 unspecified atom stereocenters. The largest absolute Gasteiger partial charge is 0.467 e. The lowest BCUT2D eigenvalue weighted by Crippen LogP contribution is -2.30. The number of hydrazine groups is 1. The van der Waals surface area contributed by atoms with E-state index in [0.717, 1.165) is 18.5 Å². The summed E-state index contributed by atoms with van der Waals surface area (Å²) in [5.74, 6) is -0.814. The molecule has 0 radical (unpaired) electrons. The van der Waals surface area contributed by atoms with Gasteiger partial charge in [0.05, 0.1) is 17.7 Å². The van der Waals surface area contributed by atoms with E-state index in [4.69, 9.17) is 4.42 Å². The molecule has 1 aromatic carbocycles. The van der Waals surface area contributed by atoms with Gasteiger partial charge in [0.15, 0.2) is 0 Å². The molecule has 1 amide bonds. The van der Waals surface area contributed by atoms with E-state index in [0.29, 0.717) is 5.76 Å². The molecule has 3 rings (SSSR count). The molecule has 11 heteroatoms. The van der Waals surface area contributed by atoms with Crippen LogP contribution < -0.4 is 16.2 Å². The summed E-state index contributed by atoms with van der Waals surface area (Å²) >= 11 is 0. The van der Waals surface area contributed by atoms with Gasteiger partial charge in [0.1, 0.15) is 17.9 Å². The molecule has 0 spiro atoms. The summed E-state index contributed by atoms with van der Waals surface area (Å²) in [5, 5.41) is 14.2. The van der Waals surface area contributed by atoms with Crippen LogP contribution in [0.2, 0.25) is 0 Å². The van der Waals surface area contributed by atoms with Gasteiger partial charge in [-0.3, -0.25) is 25.8 Å². The Balaban J connectivity index is 1.74. The van der Waals surface area contributed by atoms with Gasteiger partial charge in [0.2, 0.25) is 11.6 Å². The van der Waals surface area contributed by atoms with Gasteiger partial charge in [0, 0.05) is 5.56 Å². The molecule has 10 nitrogen and oxygen atoms in total. The maximum atomic E-state index is 12.9. The molecule has 2 heterocycles. The Morgan fingerprint density at radius 2 is 1.93 bits per heavy atom. The van der Waals surface area contributed by atoms with Crippen LogP contribution in [0, 0.1) is 15.9 Å². The standard InChI is InChI=1S/C16H13FN6O4/c17-11-5-3-10(4-6-11)16(24)22-21-15-13(23(25)26)14(19-9-20-15)18-8-12-2-1-7-27-12/h1-7,9H,8H2,(H,22,24)(H2,18,19,20,21). The zero-order valence-corrected chi connectivity index (χ0v) is 13.7.